The minimum atomic E-state index is -0.525. The van der Waals surface area contributed by atoms with Gasteiger partial charge in [-0.05, 0) is 29.8 Å². The maximum absolute atomic E-state index is 12.1. The van der Waals surface area contributed by atoms with E-state index in [9.17, 15) is 9.59 Å². The van der Waals surface area contributed by atoms with Crippen molar-refractivity contribution in [2.45, 2.75) is 6.42 Å². The molecule has 0 unspecified atom stereocenters. The molecule has 0 spiro atoms. The molecule has 0 radical (unpaired) electrons. The van der Waals surface area contributed by atoms with Crippen LogP contribution < -0.4 is 14.2 Å². The van der Waals surface area contributed by atoms with E-state index >= 15 is 0 Å². The standard InChI is InChI=1S/C19H19BrO6/c1-23-16-7-12(8-17(24-2)19(16)25-3)9-18(22)26-11-15(21)13-5-4-6-14(20)10-13/h4-8,10H,9,11H2,1-3H3. The summed E-state index contributed by atoms with van der Waals surface area (Å²) in [5.74, 6) is 0.531. The minimum Gasteiger partial charge on any atom is -0.493 e. The Bertz CT molecular complexity index is 777. The number of carbonyl (C=O) groups excluding carboxylic acids is 2. The van der Waals surface area contributed by atoms with Crippen molar-refractivity contribution in [3.63, 3.8) is 0 Å². The molecule has 0 aliphatic carbocycles. The Morgan fingerprint density at radius 1 is 0.962 bits per heavy atom. The zero-order chi connectivity index (χ0) is 19.1. The van der Waals surface area contributed by atoms with Crippen molar-refractivity contribution in [1.82, 2.24) is 0 Å². The van der Waals surface area contributed by atoms with Crippen molar-refractivity contribution in [3.05, 3.63) is 52.0 Å². The van der Waals surface area contributed by atoms with Gasteiger partial charge >= 0.3 is 5.97 Å². The molecule has 2 aromatic carbocycles. The molecule has 0 aliphatic rings. The normalized spacial score (nSPS) is 10.2. The Morgan fingerprint density at radius 2 is 1.62 bits per heavy atom. The summed E-state index contributed by atoms with van der Waals surface area (Å²) in [6.07, 6.45) is -0.0253. The number of rotatable bonds is 8. The quantitative estimate of drug-likeness (QED) is 0.479. The summed E-state index contributed by atoms with van der Waals surface area (Å²) in [6.45, 7) is -0.320. The van der Waals surface area contributed by atoms with Crippen LogP contribution in [0.15, 0.2) is 40.9 Å². The lowest BCUT2D eigenvalue weighted by Crippen LogP contribution is -2.15. The molecule has 0 aromatic heterocycles. The summed E-state index contributed by atoms with van der Waals surface area (Å²) in [5.41, 5.74) is 1.10. The maximum atomic E-state index is 12.1. The summed E-state index contributed by atoms with van der Waals surface area (Å²) in [5, 5.41) is 0. The van der Waals surface area contributed by atoms with E-state index in [0.29, 0.717) is 28.4 Å². The number of carbonyl (C=O) groups is 2. The van der Waals surface area contributed by atoms with E-state index in [1.807, 2.05) is 6.07 Å². The van der Waals surface area contributed by atoms with Crippen LogP contribution in [0.5, 0.6) is 17.2 Å². The highest BCUT2D eigenvalue weighted by Gasteiger charge is 2.16. The van der Waals surface area contributed by atoms with Gasteiger partial charge in [0.05, 0.1) is 27.8 Å². The number of hydrogen-bond acceptors (Lipinski definition) is 6. The summed E-state index contributed by atoms with van der Waals surface area (Å²) < 4.78 is 21.6. The van der Waals surface area contributed by atoms with Crippen LogP contribution in [-0.2, 0) is 16.0 Å². The molecule has 2 rings (SSSR count). The third-order valence-electron chi connectivity index (χ3n) is 3.58. The molecule has 0 bridgehead atoms. The third kappa shape index (κ3) is 4.98. The zero-order valence-corrected chi connectivity index (χ0v) is 16.3. The SMILES string of the molecule is COc1cc(CC(=O)OCC(=O)c2cccc(Br)c2)cc(OC)c1OC. The van der Waals surface area contributed by atoms with Crippen LogP contribution >= 0.6 is 15.9 Å². The van der Waals surface area contributed by atoms with E-state index in [4.69, 9.17) is 18.9 Å². The van der Waals surface area contributed by atoms with Crippen LogP contribution in [0.4, 0.5) is 0 Å². The Morgan fingerprint density at radius 3 is 2.15 bits per heavy atom. The Kier molecular flexibility index (Phi) is 7.03. The van der Waals surface area contributed by atoms with Crippen LogP contribution in [0.25, 0.3) is 0 Å². The minimum absolute atomic E-state index is 0.0253. The van der Waals surface area contributed by atoms with Gasteiger partial charge in [-0.3, -0.25) is 9.59 Å². The molecular formula is C19H19BrO6. The van der Waals surface area contributed by atoms with Gasteiger partial charge in [-0.2, -0.15) is 0 Å². The fourth-order valence-electron chi connectivity index (χ4n) is 2.35. The van der Waals surface area contributed by atoms with Gasteiger partial charge in [0.2, 0.25) is 5.75 Å². The second-order valence-electron chi connectivity index (χ2n) is 5.30. The molecule has 0 saturated heterocycles. The van der Waals surface area contributed by atoms with Gasteiger partial charge in [0.25, 0.3) is 0 Å². The lowest BCUT2D eigenvalue weighted by molar-refractivity contribution is -0.141. The van der Waals surface area contributed by atoms with Gasteiger partial charge in [-0.25, -0.2) is 0 Å². The number of halogens is 1. The van der Waals surface area contributed by atoms with E-state index < -0.39 is 5.97 Å². The average molecular weight is 423 g/mol. The predicted octanol–water partition coefficient (Wildman–Crippen LogP) is 3.44. The van der Waals surface area contributed by atoms with Crippen molar-refractivity contribution in [2.75, 3.05) is 27.9 Å². The molecule has 0 aliphatic heterocycles. The molecule has 0 atom stereocenters. The van der Waals surface area contributed by atoms with Gasteiger partial charge in [0, 0.05) is 10.0 Å². The molecule has 0 fully saturated rings. The first kappa shape index (κ1) is 19.8. The first-order valence-corrected chi connectivity index (χ1v) is 8.51. The van der Waals surface area contributed by atoms with Crippen molar-refractivity contribution in [3.8, 4) is 17.2 Å². The number of methoxy groups -OCH3 is 3. The first-order valence-electron chi connectivity index (χ1n) is 7.71. The van der Waals surface area contributed by atoms with Crippen molar-refractivity contribution < 1.29 is 28.5 Å². The van der Waals surface area contributed by atoms with Crippen LogP contribution in [0.3, 0.4) is 0 Å². The third-order valence-corrected chi connectivity index (χ3v) is 4.08. The van der Waals surface area contributed by atoms with E-state index in [1.165, 1.54) is 21.3 Å². The van der Waals surface area contributed by atoms with E-state index in [-0.39, 0.29) is 18.8 Å². The van der Waals surface area contributed by atoms with Crippen LogP contribution in [0.2, 0.25) is 0 Å². The van der Waals surface area contributed by atoms with E-state index in [2.05, 4.69) is 15.9 Å². The largest absolute Gasteiger partial charge is 0.493 e. The lowest BCUT2D eigenvalue weighted by atomic mass is 10.1. The Labute approximate surface area is 160 Å². The number of esters is 1. The van der Waals surface area contributed by atoms with Gasteiger partial charge in [-0.1, -0.05) is 28.1 Å². The van der Waals surface area contributed by atoms with Gasteiger partial charge < -0.3 is 18.9 Å². The lowest BCUT2D eigenvalue weighted by Gasteiger charge is -2.14. The molecule has 138 valence electrons. The maximum Gasteiger partial charge on any atom is 0.310 e. The van der Waals surface area contributed by atoms with Crippen LogP contribution in [0, 0.1) is 0 Å². The molecule has 0 amide bonds. The van der Waals surface area contributed by atoms with Crippen molar-refractivity contribution in [1.29, 1.82) is 0 Å². The Balaban J connectivity index is 2.02. The Hall–Kier alpha value is -2.54. The summed E-state index contributed by atoms with van der Waals surface area (Å²) >= 11 is 3.30. The van der Waals surface area contributed by atoms with Gasteiger partial charge in [0.1, 0.15) is 0 Å². The number of hydrogen-bond donors (Lipinski definition) is 0. The molecule has 0 saturated carbocycles. The number of ether oxygens (including phenoxy) is 4. The highest BCUT2D eigenvalue weighted by Crippen LogP contribution is 2.38. The number of Topliss-reactive ketones (excluding diaryl/α,β-unsaturated/α-hetero) is 1. The highest BCUT2D eigenvalue weighted by atomic mass is 79.9. The van der Waals surface area contributed by atoms with Crippen molar-refractivity contribution in [2.24, 2.45) is 0 Å². The molecule has 0 N–H and O–H groups in total. The van der Waals surface area contributed by atoms with Crippen LogP contribution in [0.1, 0.15) is 15.9 Å². The van der Waals surface area contributed by atoms with Gasteiger partial charge in [-0.15, -0.1) is 0 Å². The fourth-order valence-corrected chi connectivity index (χ4v) is 2.75. The molecule has 0 heterocycles. The summed E-state index contributed by atoms with van der Waals surface area (Å²) in [6, 6.07) is 10.2. The average Bonchev–Trinajstić information content (AvgIpc) is 2.65. The van der Waals surface area contributed by atoms with E-state index in [0.717, 1.165) is 4.47 Å². The predicted molar refractivity (Wildman–Crippen MR) is 99.2 cm³/mol. The van der Waals surface area contributed by atoms with Crippen LogP contribution in [-0.4, -0.2) is 39.7 Å². The second kappa shape index (κ2) is 9.24. The molecule has 2 aromatic rings. The molecule has 7 heteroatoms. The molecule has 26 heavy (non-hydrogen) atoms. The number of ketones is 1. The smallest absolute Gasteiger partial charge is 0.310 e. The highest BCUT2D eigenvalue weighted by molar-refractivity contribution is 9.10. The first-order chi connectivity index (χ1) is 12.5. The van der Waals surface area contributed by atoms with Gasteiger partial charge in [0.15, 0.2) is 23.9 Å². The van der Waals surface area contributed by atoms with E-state index in [1.54, 1.807) is 30.3 Å². The monoisotopic (exact) mass is 422 g/mol. The topological polar surface area (TPSA) is 71.1 Å². The number of benzene rings is 2. The molecular weight excluding hydrogens is 404 g/mol. The summed E-state index contributed by atoms with van der Waals surface area (Å²) in [7, 11) is 4.49. The fraction of sp³-hybridized carbons (Fsp3) is 0.263. The second-order valence-corrected chi connectivity index (χ2v) is 6.22. The molecule has 6 nitrogen and oxygen atoms in total. The zero-order valence-electron chi connectivity index (χ0n) is 14.7. The van der Waals surface area contributed by atoms with Crippen molar-refractivity contribution >= 4 is 27.7 Å². The summed E-state index contributed by atoms with van der Waals surface area (Å²) in [4.78, 5) is 24.2.